The standard InChI is InChI=1S/C33H43N5O7S/c1-19-8-4-5-9-21-16-33(21,32(41)37-46(42,43)23-12-13-23)36-29(39)26-15-22(18-38(26)31(40)28(34)20(2)14-19)45-30-25-11-7-6-10-24(25)27(44-3)17-35-30/h5-7,9-11,17,19-23,26,28H,4,8,12-16,18,34H2,1-3H3,(H,36,39)(H,37,41)/b9-5-/t19-,20-,21?,22-,26+,28+,33-/m1/s1. The molecule has 3 heterocycles. The molecule has 12 nitrogen and oxygen atoms in total. The number of carbonyl (C=O) groups is 3. The number of methoxy groups -OCH3 is 1. The lowest BCUT2D eigenvalue weighted by molar-refractivity contribution is -0.141. The first-order valence-corrected chi connectivity index (χ1v) is 17.7. The van der Waals surface area contributed by atoms with Crippen molar-refractivity contribution in [2.75, 3.05) is 13.7 Å². The number of carbonyl (C=O) groups excluding carboxylic acids is 3. The van der Waals surface area contributed by atoms with E-state index in [1.807, 2.05) is 43.3 Å². The van der Waals surface area contributed by atoms with Crippen molar-refractivity contribution in [2.24, 2.45) is 23.5 Å². The summed E-state index contributed by atoms with van der Waals surface area (Å²) in [4.78, 5) is 47.5. The number of nitrogens with one attached hydrogen (secondary N) is 2. The van der Waals surface area contributed by atoms with Crippen LogP contribution in [-0.4, -0.2) is 78.7 Å². The van der Waals surface area contributed by atoms with Crippen molar-refractivity contribution in [2.45, 2.75) is 87.8 Å². The Balaban J connectivity index is 1.30. The van der Waals surface area contributed by atoms with Gasteiger partial charge in [0.2, 0.25) is 27.7 Å². The monoisotopic (exact) mass is 653 g/mol. The topological polar surface area (TPSA) is 170 Å². The SMILES string of the molecule is COc1cnc(O[C@@H]2C[C@H]3C(=O)N[C@]4(C(=O)NS(=O)(=O)C5CC5)CC4/C=C\CC[C@@H](C)C[C@@H](C)[C@H](N)C(=O)N3C2)c2ccccc12. The first kappa shape index (κ1) is 32.2. The molecule has 2 aliphatic heterocycles. The summed E-state index contributed by atoms with van der Waals surface area (Å²) in [7, 11) is -2.27. The van der Waals surface area contributed by atoms with Crippen molar-refractivity contribution in [1.82, 2.24) is 19.9 Å². The van der Waals surface area contributed by atoms with E-state index in [2.05, 4.69) is 21.9 Å². The molecule has 2 aromatic rings. The van der Waals surface area contributed by atoms with Crippen LogP contribution in [0.5, 0.6) is 11.6 Å². The Labute approximate surface area is 269 Å². The molecule has 1 unspecified atom stereocenters. The van der Waals surface area contributed by atoms with E-state index in [4.69, 9.17) is 15.2 Å². The maximum absolute atomic E-state index is 14.1. The van der Waals surface area contributed by atoms with Gasteiger partial charge < -0.3 is 25.4 Å². The van der Waals surface area contributed by atoms with Crippen molar-refractivity contribution in [3.8, 4) is 11.6 Å². The summed E-state index contributed by atoms with van der Waals surface area (Å²) in [6.07, 6.45) is 8.61. The van der Waals surface area contributed by atoms with Gasteiger partial charge in [0.25, 0.3) is 5.91 Å². The number of pyridine rings is 1. The van der Waals surface area contributed by atoms with Gasteiger partial charge in [0.1, 0.15) is 23.4 Å². The Morgan fingerprint density at radius 3 is 2.59 bits per heavy atom. The van der Waals surface area contributed by atoms with Crippen LogP contribution in [-0.2, 0) is 24.4 Å². The lowest BCUT2D eigenvalue weighted by atomic mass is 9.88. The highest BCUT2D eigenvalue weighted by molar-refractivity contribution is 7.91. The molecule has 1 saturated heterocycles. The normalized spacial score (nSPS) is 32.7. The lowest BCUT2D eigenvalue weighted by Gasteiger charge is -2.30. The zero-order valence-electron chi connectivity index (χ0n) is 26.5. The zero-order chi connectivity index (χ0) is 32.8. The predicted molar refractivity (Wildman–Crippen MR) is 171 cm³/mol. The summed E-state index contributed by atoms with van der Waals surface area (Å²) < 4.78 is 39.5. The number of nitrogens with zero attached hydrogens (tertiary/aromatic N) is 2. The van der Waals surface area contributed by atoms with Crippen LogP contribution in [0, 0.1) is 17.8 Å². The first-order valence-electron chi connectivity index (χ1n) is 16.1. The van der Waals surface area contributed by atoms with E-state index in [0.717, 1.165) is 30.0 Å². The zero-order valence-corrected chi connectivity index (χ0v) is 27.3. The molecule has 3 amide bonds. The molecule has 4 aliphatic rings. The highest BCUT2D eigenvalue weighted by atomic mass is 32.2. The minimum Gasteiger partial charge on any atom is -0.494 e. The molecule has 0 spiro atoms. The molecule has 1 aromatic carbocycles. The fourth-order valence-corrected chi connectivity index (χ4v) is 8.24. The number of amides is 3. The molecule has 3 fully saturated rings. The Bertz CT molecular complexity index is 1660. The summed E-state index contributed by atoms with van der Waals surface area (Å²) in [6, 6.07) is 5.68. The van der Waals surface area contributed by atoms with Gasteiger partial charge in [-0.25, -0.2) is 13.4 Å². The van der Waals surface area contributed by atoms with Gasteiger partial charge in [0.05, 0.1) is 31.1 Å². The summed E-state index contributed by atoms with van der Waals surface area (Å²) in [5.41, 5.74) is 5.12. The van der Waals surface area contributed by atoms with Crippen molar-refractivity contribution >= 4 is 38.5 Å². The molecule has 13 heteroatoms. The van der Waals surface area contributed by atoms with Crippen molar-refractivity contribution in [1.29, 1.82) is 0 Å². The van der Waals surface area contributed by atoms with Crippen molar-refractivity contribution in [3.05, 3.63) is 42.6 Å². The number of hydrogen-bond acceptors (Lipinski definition) is 9. The Morgan fingerprint density at radius 2 is 1.87 bits per heavy atom. The van der Waals surface area contributed by atoms with Crippen molar-refractivity contribution < 1.29 is 32.3 Å². The van der Waals surface area contributed by atoms with Crippen LogP contribution in [0.25, 0.3) is 10.8 Å². The van der Waals surface area contributed by atoms with Crippen LogP contribution in [0.1, 0.15) is 58.8 Å². The van der Waals surface area contributed by atoms with Gasteiger partial charge in [-0.15, -0.1) is 0 Å². The Hall–Kier alpha value is -3.71. The molecular weight excluding hydrogens is 610 g/mol. The second kappa shape index (κ2) is 12.5. The molecule has 2 saturated carbocycles. The van der Waals surface area contributed by atoms with Crippen LogP contribution in [0.3, 0.4) is 0 Å². The fourth-order valence-electron chi connectivity index (χ4n) is 6.87. The van der Waals surface area contributed by atoms with Gasteiger partial charge in [-0.3, -0.25) is 19.1 Å². The smallest absolute Gasteiger partial charge is 0.259 e. The second-order valence-corrected chi connectivity index (χ2v) is 15.4. The van der Waals surface area contributed by atoms with Gasteiger partial charge >= 0.3 is 0 Å². The highest BCUT2D eigenvalue weighted by Crippen LogP contribution is 2.46. The number of nitrogens with two attached hydrogens (primary N) is 1. The van der Waals surface area contributed by atoms with Crippen LogP contribution in [0.2, 0.25) is 0 Å². The van der Waals surface area contributed by atoms with E-state index < -0.39 is 50.8 Å². The number of rotatable bonds is 6. The van der Waals surface area contributed by atoms with Crippen LogP contribution < -0.4 is 25.2 Å². The molecule has 0 radical (unpaired) electrons. The summed E-state index contributed by atoms with van der Waals surface area (Å²) in [5.74, 6) is -0.950. The molecule has 7 atom stereocenters. The van der Waals surface area contributed by atoms with E-state index in [0.29, 0.717) is 30.4 Å². The number of aromatic nitrogens is 1. The number of hydrogen-bond donors (Lipinski definition) is 3. The average Bonchev–Trinajstić information content (AvgIpc) is 3.95. The molecule has 4 N–H and O–H groups in total. The van der Waals surface area contributed by atoms with E-state index >= 15 is 0 Å². The van der Waals surface area contributed by atoms with Crippen LogP contribution in [0.4, 0.5) is 0 Å². The van der Waals surface area contributed by atoms with E-state index in [9.17, 15) is 22.8 Å². The number of allylic oxidation sites excluding steroid dienone is 1. The van der Waals surface area contributed by atoms with E-state index in [1.54, 1.807) is 13.3 Å². The molecule has 1 aromatic heterocycles. The number of ether oxygens (including phenoxy) is 2. The Kier molecular flexibility index (Phi) is 8.75. The summed E-state index contributed by atoms with van der Waals surface area (Å²) in [5, 5.41) is 3.83. The van der Waals surface area contributed by atoms with Gasteiger partial charge in [-0.2, -0.15) is 0 Å². The largest absolute Gasteiger partial charge is 0.494 e. The van der Waals surface area contributed by atoms with Gasteiger partial charge in [0, 0.05) is 23.1 Å². The molecule has 0 bridgehead atoms. The molecule has 6 rings (SSSR count). The van der Waals surface area contributed by atoms with Crippen molar-refractivity contribution in [3.63, 3.8) is 0 Å². The third-order valence-corrected chi connectivity index (χ3v) is 11.7. The molecule has 2 aliphatic carbocycles. The van der Waals surface area contributed by atoms with Gasteiger partial charge in [0.15, 0.2) is 0 Å². The minimum atomic E-state index is -3.84. The third kappa shape index (κ3) is 6.31. The summed E-state index contributed by atoms with van der Waals surface area (Å²) >= 11 is 0. The highest BCUT2D eigenvalue weighted by Gasteiger charge is 2.62. The maximum atomic E-state index is 14.1. The predicted octanol–water partition coefficient (Wildman–Crippen LogP) is 2.41. The van der Waals surface area contributed by atoms with Gasteiger partial charge in [-0.1, -0.05) is 44.2 Å². The second-order valence-electron chi connectivity index (χ2n) is 13.5. The molecular formula is C33H43N5O7S. The van der Waals surface area contributed by atoms with E-state index in [-0.39, 0.29) is 37.1 Å². The minimum absolute atomic E-state index is 0.0908. The average molecular weight is 654 g/mol. The fraction of sp³-hybridized carbons (Fsp3) is 0.576. The number of fused-ring (bicyclic) bond motifs is 3. The van der Waals surface area contributed by atoms with Crippen LogP contribution >= 0.6 is 0 Å². The molecule has 248 valence electrons. The maximum Gasteiger partial charge on any atom is 0.259 e. The first-order chi connectivity index (χ1) is 21.9. The number of sulfonamides is 1. The quantitative estimate of drug-likeness (QED) is 0.396. The number of benzene rings is 1. The van der Waals surface area contributed by atoms with E-state index in [1.165, 1.54) is 4.90 Å². The Morgan fingerprint density at radius 1 is 1.13 bits per heavy atom. The molecule has 46 heavy (non-hydrogen) atoms. The summed E-state index contributed by atoms with van der Waals surface area (Å²) in [6.45, 7) is 4.17. The lowest BCUT2D eigenvalue weighted by Crippen LogP contribution is -2.58. The third-order valence-electron chi connectivity index (χ3n) is 9.90. The van der Waals surface area contributed by atoms with Crippen LogP contribution in [0.15, 0.2) is 42.6 Å². The van der Waals surface area contributed by atoms with Gasteiger partial charge in [-0.05, 0) is 56.4 Å².